The number of hydrogen-bond acceptors (Lipinski definition) is 4. The number of rotatable bonds is 5. The average molecular weight is 199 g/mol. The molecule has 0 atom stereocenters. The van der Waals surface area contributed by atoms with Gasteiger partial charge in [-0.2, -0.15) is 0 Å². The molecular weight excluding hydrogens is 186 g/mol. The Bertz CT molecular complexity index is 285. The van der Waals surface area contributed by atoms with Gasteiger partial charge in [-0.05, 0) is 11.4 Å². The third kappa shape index (κ3) is 3.43. The quantitative estimate of drug-likeness (QED) is 0.596. The summed E-state index contributed by atoms with van der Waals surface area (Å²) in [4.78, 5) is 11.5. The molecule has 1 aromatic rings. The number of nitrogens with two attached hydrogens (primary N) is 2. The standard InChI is InChI=1S/C8H13N3OS/c9-6-2-4-13-7(6)5-11-3-1-8(10)12/h2,4,11H,1,3,5,9H2,(H2,10,12). The van der Waals surface area contributed by atoms with Crippen molar-refractivity contribution in [3.8, 4) is 0 Å². The highest BCUT2D eigenvalue weighted by molar-refractivity contribution is 7.10. The fourth-order valence-corrected chi connectivity index (χ4v) is 1.68. The highest BCUT2D eigenvalue weighted by Gasteiger charge is 1.99. The smallest absolute Gasteiger partial charge is 0.218 e. The van der Waals surface area contributed by atoms with E-state index < -0.39 is 0 Å². The molecule has 0 bridgehead atoms. The number of thiophene rings is 1. The van der Waals surface area contributed by atoms with Crippen LogP contribution in [0.3, 0.4) is 0 Å². The van der Waals surface area contributed by atoms with E-state index in [0.29, 0.717) is 19.5 Å². The summed E-state index contributed by atoms with van der Waals surface area (Å²) in [5.74, 6) is -0.286. The summed E-state index contributed by atoms with van der Waals surface area (Å²) in [6, 6.07) is 1.87. The van der Waals surface area contributed by atoms with Crippen molar-refractivity contribution in [1.82, 2.24) is 5.32 Å². The van der Waals surface area contributed by atoms with Crippen LogP contribution in [0.25, 0.3) is 0 Å². The van der Waals surface area contributed by atoms with Crippen LogP contribution in [0.4, 0.5) is 5.69 Å². The van der Waals surface area contributed by atoms with Crippen molar-refractivity contribution in [3.63, 3.8) is 0 Å². The lowest BCUT2D eigenvalue weighted by molar-refractivity contribution is -0.117. The SMILES string of the molecule is NC(=O)CCNCc1sccc1N. The molecule has 1 amide bonds. The van der Waals surface area contributed by atoms with Gasteiger partial charge in [-0.15, -0.1) is 11.3 Å². The highest BCUT2D eigenvalue weighted by atomic mass is 32.1. The third-order valence-electron chi connectivity index (χ3n) is 1.61. The third-order valence-corrected chi connectivity index (χ3v) is 2.55. The van der Waals surface area contributed by atoms with Crippen LogP contribution in [0, 0.1) is 0 Å². The van der Waals surface area contributed by atoms with Crippen molar-refractivity contribution in [2.75, 3.05) is 12.3 Å². The number of nitrogen functional groups attached to an aromatic ring is 1. The van der Waals surface area contributed by atoms with Gasteiger partial charge in [0.2, 0.25) is 5.91 Å². The van der Waals surface area contributed by atoms with Crippen molar-refractivity contribution < 1.29 is 4.79 Å². The summed E-state index contributed by atoms with van der Waals surface area (Å²) >= 11 is 1.60. The Kier molecular flexibility index (Phi) is 3.72. The lowest BCUT2D eigenvalue weighted by Crippen LogP contribution is -2.21. The zero-order valence-corrected chi connectivity index (χ0v) is 8.06. The van der Waals surface area contributed by atoms with Gasteiger partial charge in [0.1, 0.15) is 0 Å². The molecule has 72 valence electrons. The number of anilines is 1. The minimum atomic E-state index is -0.286. The van der Waals surface area contributed by atoms with E-state index >= 15 is 0 Å². The first-order chi connectivity index (χ1) is 6.20. The van der Waals surface area contributed by atoms with Gasteiger partial charge in [0.05, 0.1) is 0 Å². The summed E-state index contributed by atoms with van der Waals surface area (Å²) < 4.78 is 0. The molecule has 0 aliphatic rings. The predicted octanol–water partition coefficient (Wildman–Crippen LogP) is 0.295. The maximum Gasteiger partial charge on any atom is 0.218 e. The fraction of sp³-hybridized carbons (Fsp3) is 0.375. The Hall–Kier alpha value is -1.07. The maximum absolute atomic E-state index is 10.4. The number of hydrogen-bond donors (Lipinski definition) is 3. The van der Waals surface area contributed by atoms with Crippen LogP contribution in [-0.2, 0) is 11.3 Å². The van der Waals surface area contributed by atoms with Crippen molar-refractivity contribution in [2.24, 2.45) is 5.73 Å². The van der Waals surface area contributed by atoms with Gasteiger partial charge in [-0.3, -0.25) is 4.79 Å². The predicted molar refractivity (Wildman–Crippen MR) is 54.2 cm³/mol. The normalized spacial score (nSPS) is 10.2. The second kappa shape index (κ2) is 4.84. The van der Waals surface area contributed by atoms with Gasteiger partial charge in [0, 0.05) is 30.1 Å². The second-order valence-electron chi connectivity index (χ2n) is 2.69. The number of primary amides is 1. The van der Waals surface area contributed by atoms with Crippen LogP contribution in [0.15, 0.2) is 11.4 Å². The molecule has 5 heteroatoms. The Labute approximate surface area is 80.9 Å². The average Bonchev–Trinajstić information content (AvgIpc) is 2.45. The molecule has 0 spiro atoms. The molecule has 5 N–H and O–H groups in total. The van der Waals surface area contributed by atoms with E-state index in [2.05, 4.69) is 5.32 Å². The molecule has 13 heavy (non-hydrogen) atoms. The van der Waals surface area contributed by atoms with Gasteiger partial charge < -0.3 is 16.8 Å². The summed E-state index contributed by atoms with van der Waals surface area (Å²) in [6.45, 7) is 1.31. The zero-order valence-electron chi connectivity index (χ0n) is 7.25. The molecule has 0 saturated carbocycles. The Morgan fingerprint density at radius 1 is 1.62 bits per heavy atom. The summed E-state index contributed by atoms with van der Waals surface area (Å²) in [7, 11) is 0. The number of carbonyl (C=O) groups excluding carboxylic acids is 1. The molecule has 0 unspecified atom stereocenters. The Balaban J connectivity index is 2.20. The van der Waals surface area contributed by atoms with Crippen LogP contribution in [-0.4, -0.2) is 12.5 Å². The summed E-state index contributed by atoms with van der Waals surface area (Å²) in [6.07, 6.45) is 0.366. The second-order valence-corrected chi connectivity index (χ2v) is 3.69. The number of nitrogens with one attached hydrogen (secondary N) is 1. The molecule has 1 aromatic heterocycles. The van der Waals surface area contributed by atoms with E-state index in [0.717, 1.165) is 10.6 Å². The van der Waals surface area contributed by atoms with Crippen molar-refractivity contribution >= 4 is 22.9 Å². The van der Waals surface area contributed by atoms with Crippen LogP contribution in [0.5, 0.6) is 0 Å². The van der Waals surface area contributed by atoms with Crippen molar-refractivity contribution in [3.05, 3.63) is 16.3 Å². The van der Waals surface area contributed by atoms with Crippen LogP contribution < -0.4 is 16.8 Å². The number of carbonyl (C=O) groups is 1. The van der Waals surface area contributed by atoms with Crippen LogP contribution in [0.1, 0.15) is 11.3 Å². The molecule has 0 saturated heterocycles. The maximum atomic E-state index is 10.4. The first-order valence-electron chi connectivity index (χ1n) is 4.01. The van der Waals surface area contributed by atoms with E-state index in [4.69, 9.17) is 11.5 Å². The van der Waals surface area contributed by atoms with Crippen LogP contribution in [0.2, 0.25) is 0 Å². The molecule has 1 rings (SSSR count). The van der Waals surface area contributed by atoms with Crippen molar-refractivity contribution in [1.29, 1.82) is 0 Å². The largest absolute Gasteiger partial charge is 0.398 e. The van der Waals surface area contributed by atoms with E-state index in [9.17, 15) is 4.79 Å². The summed E-state index contributed by atoms with van der Waals surface area (Å²) in [5.41, 5.74) is 11.4. The van der Waals surface area contributed by atoms with E-state index in [1.54, 1.807) is 11.3 Å². The minimum absolute atomic E-state index is 0.286. The fourth-order valence-electron chi connectivity index (χ4n) is 0.908. The first kappa shape index (κ1) is 10.0. The van der Waals surface area contributed by atoms with E-state index in [1.807, 2.05) is 11.4 Å². The molecule has 0 fully saturated rings. The van der Waals surface area contributed by atoms with E-state index in [1.165, 1.54) is 0 Å². The van der Waals surface area contributed by atoms with Gasteiger partial charge in [-0.25, -0.2) is 0 Å². The van der Waals surface area contributed by atoms with Crippen molar-refractivity contribution in [2.45, 2.75) is 13.0 Å². The molecule has 0 aliphatic carbocycles. The molecular formula is C8H13N3OS. The topological polar surface area (TPSA) is 81.1 Å². The number of amides is 1. The van der Waals surface area contributed by atoms with E-state index in [-0.39, 0.29) is 5.91 Å². The monoisotopic (exact) mass is 199 g/mol. The van der Waals surface area contributed by atoms with Gasteiger partial charge in [-0.1, -0.05) is 0 Å². The van der Waals surface area contributed by atoms with Gasteiger partial charge in [0.15, 0.2) is 0 Å². The molecule has 0 aliphatic heterocycles. The lowest BCUT2D eigenvalue weighted by Gasteiger charge is -2.01. The Morgan fingerprint density at radius 2 is 2.38 bits per heavy atom. The van der Waals surface area contributed by atoms with Gasteiger partial charge in [0.25, 0.3) is 0 Å². The van der Waals surface area contributed by atoms with Gasteiger partial charge >= 0.3 is 0 Å². The molecule has 1 heterocycles. The highest BCUT2D eigenvalue weighted by Crippen LogP contribution is 2.17. The first-order valence-corrected chi connectivity index (χ1v) is 4.89. The van der Waals surface area contributed by atoms with Crippen LogP contribution >= 0.6 is 11.3 Å². The molecule has 0 aromatic carbocycles. The Morgan fingerprint density at radius 3 is 2.92 bits per heavy atom. The molecule has 4 nitrogen and oxygen atoms in total. The minimum Gasteiger partial charge on any atom is -0.398 e. The summed E-state index contributed by atoms with van der Waals surface area (Å²) in [5, 5.41) is 5.03. The zero-order chi connectivity index (χ0) is 9.68. The lowest BCUT2D eigenvalue weighted by atomic mass is 10.3. The molecule has 0 radical (unpaired) electrons.